The summed E-state index contributed by atoms with van der Waals surface area (Å²) in [6, 6.07) is 10.0. The van der Waals surface area contributed by atoms with Gasteiger partial charge >= 0.3 is 0 Å². The van der Waals surface area contributed by atoms with Crippen LogP contribution in [-0.4, -0.2) is 17.7 Å². The first-order valence-electron chi connectivity index (χ1n) is 5.64. The maximum absolute atomic E-state index is 11.4. The third-order valence-electron chi connectivity index (χ3n) is 2.53. The Morgan fingerprint density at radius 3 is 2.71 bits per heavy atom. The highest BCUT2D eigenvalue weighted by molar-refractivity contribution is 7.99. The van der Waals surface area contributed by atoms with Gasteiger partial charge in [0, 0.05) is 11.8 Å². The average molecular weight is 246 g/mol. The summed E-state index contributed by atoms with van der Waals surface area (Å²) >= 11 is 1.60. The van der Waals surface area contributed by atoms with Crippen LogP contribution in [0.5, 0.6) is 0 Å². The zero-order valence-corrected chi connectivity index (χ0v) is 10.3. The van der Waals surface area contributed by atoms with Crippen molar-refractivity contribution in [2.45, 2.75) is 24.6 Å². The van der Waals surface area contributed by atoms with Gasteiger partial charge in [-0.05, 0) is 30.5 Å². The number of nitrogens with zero attached hydrogens (tertiary/aromatic N) is 1. The first-order valence-corrected chi connectivity index (χ1v) is 6.79. The molecule has 0 aromatic heterocycles. The minimum Gasteiger partial charge on any atom is -0.353 e. The van der Waals surface area contributed by atoms with Crippen molar-refractivity contribution in [3.63, 3.8) is 0 Å². The molecule has 4 heteroatoms. The van der Waals surface area contributed by atoms with Gasteiger partial charge in [-0.2, -0.15) is 5.26 Å². The van der Waals surface area contributed by atoms with Crippen molar-refractivity contribution in [3.8, 4) is 6.07 Å². The van der Waals surface area contributed by atoms with E-state index in [2.05, 4.69) is 11.4 Å². The highest BCUT2D eigenvalue weighted by atomic mass is 32.2. The summed E-state index contributed by atoms with van der Waals surface area (Å²) in [7, 11) is 0. The number of thioether (sulfide) groups is 1. The zero-order valence-electron chi connectivity index (χ0n) is 9.48. The lowest BCUT2D eigenvalue weighted by atomic mass is 10.2. The lowest BCUT2D eigenvalue weighted by Gasteiger charge is -2.03. The first-order chi connectivity index (χ1) is 8.28. The number of hydrogen-bond acceptors (Lipinski definition) is 3. The number of carbonyl (C=O) groups excluding carboxylic acids is 1. The maximum Gasteiger partial charge on any atom is 0.230 e. The molecule has 17 heavy (non-hydrogen) atoms. The van der Waals surface area contributed by atoms with Crippen LogP contribution < -0.4 is 5.32 Å². The van der Waals surface area contributed by atoms with Gasteiger partial charge in [-0.3, -0.25) is 4.79 Å². The molecule has 2 rings (SSSR count). The van der Waals surface area contributed by atoms with Gasteiger partial charge < -0.3 is 5.32 Å². The van der Waals surface area contributed by atoms with E-state index in [1.165, 1.54) is 0 Å². The molecule has 0 radical (unpaired) electrons. The summed E-state index contributed by atoms with van der Waals surface area (Å²) < 4.78 is 0. The van der Waals surface area contributed by atoms with Crippen molar-refractivity contribution in [2.75, 3.05) is 5.75 Å². The van der Waals surface area contributed by atoms with E-state index in [0.29, 0.717) is 17.4 Å². The molecule has 1 fully saturated rings. The Morgan fingerprint density at radius 1 is 1.41 bits per heavy atom. The Labute approximate surface area is 105 Å². The second-order valence-electron chi connectivity index (χ2n) is 4.14. The fraction of sp³-hybridized carbons (Fsp3) is 0.385. The Morgan fingerprint density at radius 2 is 2.12 bits per heavy atom. The predicted octanol–water partition coefficient (Wildman–Crippen LogP) is 2.07. The van der Waals surface area contributed by atoms with Gasteiger partial charge in [0.25, 0.3) is 0 Å². The molecule has 0 bridgehead atoms. The van der Waals surface area contributed by atoms with Crippen LogP contribution in [0.4, 0.5) is 0 Å². The smallest absolute Gasteiger partial charge is 0.230 e. The van der Waals surface area contributed by atoms with Crippen LogP contribution in [0.1, 0.15) is 24.0 Å². The number of rotatable bonds is 5. The average Bonchev–Trinajstić information content (AvgIpc) is 3.14. The first kappa shape index (κ1) is 12.0. The van der Waals surface area contributed by atoms with Crippen LogP contribution in [-0.2, 0) is 10.5 Å². The van der Waals surface area contributed by atoms with Crippen LogP contribution in [0.2, 0.25) is 0 Å². The highest BCUT2D eigenvalue weighted by Gasteiger charge is 2.22. The molecule has 0 saturated heterocycles. The lowest BCUT2D eigenvalue weighted by Crippen LogP contribution is -2.27. The minimum atomic E-state index is 0.131. The van der Waals surface area contributed by atoms with Crippen LogP contribution in [0, 0.1) is 11.3 Å². The second-order valence-corrected chi connectivity index (χ2v) is 5.13. The van der Waals surface area contributed by atoms with Gasteiger partial charge in [-0.15, -0.1) is 11.8 Å². The van der Waals surface area contributed by atoms with Crippen LogP contribution in [0.25, 0.3) is 0 Å². The Bertz CT molecular complexity index is 432. The SMILES string of the molecule is N#Cc1ccc(CSCC(=O)NC2CC2)cc1. The van der Waals surface area contributed by atoms with Gasteiger partial charge in [0.2, 0.25) is 5.91 Å². The van der Waals surface area contributed by atoms with Gasteiger partial charge in [-0.25, -0.2) is 0 Å². The third kappa shape index (κ3) is 4.12. The van der Waals surface area contributed by atoms with Crippen molar-refractivity contribution in [1.29, 1.82) is 5.26 Å². The minimum absolute atomic E-state index is 0.131. The summed E-state index contributed by atoms with van der Waals surface area (Å²) in [5.74, 6) is 1.45. The summed E-state index contributed by atoms with van der Waals surface area (Å²) in [5, 5.41) is 11.6. The van der Waals surface area contributed by atoms with Crippen molar-refractivity contribution in [2.24, 2.45) is 0 Å². The molecule has 1 amide bonds. The van der Waals surface area contributed by atoms with E-state index in [9.17, 15) is 4.79 Å². The molecular weight excluding hydrogens is 232 g/mol. The summed E-state index contributed by atoms with van der Waals surface area (Å²) in [5.41, 5.74) is 1.82. The molecule has 1 aromatic carbocycles. The standard InChI is InChI=1S/C13H14N2OS/c14-7-10-1-3-11(4-2-10)8-17-9-13(16)15-12-5-6-12/h1-4,12H,5-6,8-9H2,(H,15,16). The van der Waals surface area contributed by atoms with Crippen molar-refractivity contribution < 1.29 is 4.79 Å². The molecule has 1 aliphatic rings. The molecule has 1 saturated carbocycles. The molecule has 0 spiro atoms. The molecule has 0 aliphatic heterocycles. The lowest BCUT2D eigenvalue weighted by molar-refractivity contribution is -0.118. The van der Waals surface area contributed by atoms with E-state index in [1.54, 1.807) is 23.9 Å². The van der Waals surface area contributed by atoms with Crippen LogP contribution in [0.15, 0.2) is 24.3 Å². The molecule has 0 atom stereocenters. The molecule has 3 nitrogen and oxygen atoms in total. The van der Waals surface area contributed by atoms with E-state index in [4.69, 9.17) is 5.26 Å². The van der Waals surface area contributed by atoms with Gasteiger partial charge in [0.1, 0.15) is 0 Å². The summed E-state index contributed by atoms with van der Waals surface area (Å²) in [6.45, 7) is 0. The molecule has 1 N–H and O–H groups in total. The number of carbonyl (C=O) groups is 1. The molecular formula is C13H14N2OS. The Balaban J connectivity index is 1.69. The Kier molecular flexibility index (Phi) is 4.05. The molecule has 1 aromatic rings. The van der Waals surface area contributed by atoms with Crippen molar-refractivity contribution in [3.05, 3.63) is 35.4 Å². The maximum atomic E-state index is 11.4. The van der Waals surface area contributed by atoms with E-state index >= 15 is 0 Å². The highest BCUT2D eigenvalue weighted by Crippen LogP contribution is 2.19. The molecule has 0 heterocycles. The largest absolute Gasteiger partial charge is 0.353 e. The van der Waals surface area contributed by atoms with E-state index in [1.807, 2.05) is 12.1 Å². The van der Waals surface area contributed by atoms with Gasteiger partial charge in [-0.1, -0.05) is 12.1 Å². The topological polar surface area (TPSA) is 52.9 Å². The number of nitrogens with one attached hydrogen (secondary N) is 1. The number of nitriles is 1. The molecule has 1 aliphatic carbocycles. The van der Waals surface area contributed by atoms with Gasteiger partial charge in [0.15, 0.2) is 0 Å². The summed E-state index contributed by atoms with van der Waals surface area (Å²) in [4.78, 5) is 11.4. The fourth-order valence-electron chi connectivity index (χ4n) is 1.43. The van der Waals surface area contributed by atoms with E-state index in [-0.39, 0.29) is 5.91 Å². The fourth-order valence-corrected chi connectivity index (χ4v) is 2.23. The van der Waals surface area contributed by atoms with Gasteiger partial charge in [0.05, 0.1) is 17.4 Å². The van der Waals surface area contributed by atoms with Crippen LogP contribution in [0.3, 0.4) is 0 Å². The quantitative estimate of drug-likeness (QED) is 0.865. The van der Waals surface area contributed by atoms with Crippen molar-refractivity contribution in [1.82, 2.24) is 5.32 Å². The van der Waals surface area contributed by atoms with Crippen LogP contribution >= 0.6 is 11.8 Å². The predicted molar refractivity (Wildman–Crippen MR) is 68.5 cm³/mol. The summed E-state index contributed by atoms with van der Waals surface area (Å²) in [6.07, 6.45) is 2.26. The monoisotopic (exact) mass is 246 g/mol. The zero-order chi connectivity index (χ0) is 12.1. The molecule has 0 unspecified atom stereocenters. The van der Waals surface area contributed by atoms with E-state index in [0.717, 1.165) is 24.2 Å². The van der Waals surface area contributed by atoms with Crippen molar-refractivity contribution >= 4 is 17.7 Å². The third-order valence-corrected chi connectivity index (χ3v) is 3.53. The number of hydrogen-bond donors (Lipinski definition) is 1. The number of amides is 1. The molecule has 88 valence electrons. The normalized spacial score (nSPS) is 14.1. The van der Waals surface area contributed by atoms with E-state index < -0.39 is 0 Å². The number of benzene rings is 1. The Hall–Kier alpha value is -1.47. The second kappa shape index (κ2) is 5.74.